The van der Waals surface area contributed by atoms with Gasteiger partial charge >= 0.3 is 0 Å². The molecule has 4 heteroatoms. The van der Waals surface area contributed by atoms with E-state index in [1.165, 1.54) is 21.7 Å². The zero-order valence-corrected chi connectivity index (χ0v) is 17.2. The van der Waals surface area contributed by atoms with Crippen LogP contribution >= 0.6 is 39.1 Å². The van der Waals surface area contributed by atoms with Gasteiger partial charge in [-0.05, 0) is 56.9 Å². The highest BCUT2D eigenvalue weighted by atomic mass is 79.9. The summed E-state index contributed by atoms with van der Waals surface area (Å²) in [6.07, 6.45) is 0. The summed E-state index contributed by atoms with van der Waals surface area (Å²) < 4.78 is 0. The molecule has 0 fully saturated rings. The summed E-state index contributed by atoms with van der Waals surface area (Å²) in [5, 5.41) is 7.19. The first-order valence-electron chi connectivity index (χ1n) is 8.22. The Morgan fingerprint density at radius 2 is 1.15 bits per heavy atom. The summed E-state index contributed by atoms with van der Waals surface area (Å²) in [7, 11) is 0. The van der Waals surface area contributed by atoms with E-state index in [4.69, 9.17) is 28.9 Å². The second-order valence-electron chi connectivity index (χ2n) is 5.91. The van der Waals surface area contributed by atoms with Gasteiger partial charge in [0.1, 0.15) is 0 Å². The van der Waals surface area contributed by atoms with Crippen molar-refractivity contribution in [3.8, 4) is 0 Å². The van der Waals surface area contributed by atoms with Crippen LogP contribution in [-0.4, -0.2) is 0 Å². The fourth-order valence-electron chi connectivity index (χ4n) is 2.98. The van der Waals surface area contributed by atoms with Crippen molar-refractivity contribution >= 4 is 60.7 Å². The van der Waals surface area contributed by atoms with Crippen LogP contribution in [0.25, 0.3) is 21.5 Å². The molecule has 0 atom stereocenters. The van der Waals surface area contributed by atoms with Crippen molar-refractivity contribution in [1.29, 1.82) is 0 Å². The number of hydrogen-bond donors (Lipinski definition) is 1. The number of nitrogens with two attached hydrogens (primary N) is 1. The average molecular weight is 447 g/mol. The maximum Gasteiger partial charge on any atom is 0.0415 e. The van der Waals surface area contributed by atoms with Crippen LogP contribution in [0.4, 0.5) is 0 Å². The maximum absolute atomic E-state index is 5.98. The summed E-state index contributed by atoms with van der Waals surface area (Å²) in [6.45, 7) is 0.529. The standard InChI is InChI=1S/C11H8BrCl.C11H10ClN/c12-7-9-6-10(13)5-8-3-1-2-4-11(8)9;12-10-5-8-3-1-2-4-11(8)9(6-10)7-13/h1-6H,7H2;1-6H,7,13H2. The van der Waals surface area contributed by atoms with Crippen LogP contribution in [0.5, 0.6) is 0 Å². The molecule has 0 saturated heterocycles. The molecule has 4 aromatic rings. The molecular weight excluding hydrogens is 429 g/mol. The Morgan fingerprint density at radius 3 is 1.65 bits per heavy atom. The van der Waals surface area contributed by atoms with Crippen LogP contribution < -0.4 is 5.73 Å². The molecule has 0 bridgehead atoms. The summed E-state index contributed by atoms with van der Waals surface area (Å²) in [4.78, 5) is 0. The molecular formula is C22H18BrCl2N. The molecule has 0 spiro atoms. The Labute approximate surface area is 171 Å². The van der Waals surface area contributed by atoms with Crippen molar-refractivity contribution in [2.45, 2.75) is 11.9 Å². The Kier molecular flexibility index (Phi) is 6.55. The van der Waals surface area contributed by atoms with Crippen LogP contribution in [0, 0.1) is 0 Å². The number of benzene rings is 4. The molecule has 132 valence electrons. The molecule has 0 unspecified atom stereocenters. The van der Waals surface area contributed by atoms with E-state index in [-0.39, 0.29) is 0 Å². The van der Waals surface area contributed by atoms with E-state index in [2.05, 4.69) is 34.1 Å². The third-order valence-corrected chi connectivity index (χ3v) is 5.23. The molecule has 26 heavy (non-hydrogen) atoms. The fraction of sp³-hybridized carbons (Fsp3) is 0.0909. The molecule has 0 amide bonds. The van der Waals surface area contributed by atoms with E-state index in [0.717, 1.165) is 26.3 Å². The van der Waals surface area contributed by atoms with E-state index >= 15 is 0 Å². The number of hydrogen-bond acceptors (Lipinski definition) is 1. The minimum absolute atomic E-state index is 0.529. The summed E-state index contributed by atoms with van der Waals surface area (Å²) in [5.41, 5.74) is 7.97. The molecule has 4 aromatic carbocycles. The van der Waals surface area contributed by atoms with Crippen molar-refractivity contribution in [3.63, 3.8) is 0 Å². The van der Waals surface area contributed by atoms with Gasteiger partial charge in [-0.25, -0.2) is 0 Å². The van der Waals surface area contributed by atoms with Gasteiger partial charge in [0, 0.05) is 21.9 Å². The first-order chi connectivity index (χ1) is 12.6. The van der Waals surface area contributed by atoms with Crippen molar-refractivity contribution in [3.05, 3.63) is 94.0 Å². The summed E-state index contributed by atoms with van der Waals surface area (Å²) in [6, 6.07) is 24.2. The Bertz CT molecular complexity index is 961. The lowest BCUT2D eigenvalue weighted by atomic mass is 10.1. The van der Waals surface area contributed by atoms with Crippen molar-refractivity contribution in [1.82, 2.24) is 0 Å². The zero-order valence-electron chi connectivity index (χ0n) is 14.1. The number of halogens is 3. The molecule has 0 radical (unpaired) electrons. The molecule has 0 aliphatic rings. The molecule has 0 aromatic heterocycles. The molecule has 0 heterocycles. The molecule has 1 nitrogen and oxygen atoms in total. The zero-order chi connectivity index (χ0) is 18.5. The van der Waals surface area contributed by atoms with E-state index in [1.807, 2.05) is 54.6 Å². The van der Waals surface area contributed by atoms with Gasteiger partial charge in [0.05, 0.1) is 0 Å². The van der Waals surface area contributed by atoms with E-state index in [1.54, 1.807) is 0 Å². The van der Waals surface area contributed by atoms with Gasteiger partial charge in [0.2, 0.25) is 0 Å². The van der Waals surface area contributed by atoms with E-state index in [0.29, 0.717) is 6.54 Å². The van der Waals surface area contributed by atoms with Crippen LogP contribution in [0.1, 0.15) is 11.1 Å². The molecule has 0 saturated carbocycles. The SMILES string of the molecule is Clc1cc(CBr)c2ccccc2c1.NCc1cc(Cl)cc2ccccc12. The van der Waals surface area contributed by atoms with Crippen LogP contribution in [0.15, 0.2) is 72.8 Å². The molecule has 0 aliphatic heterocycles. The van der Waals surface area contributed by atoms with Crippen LogP contribution in [-0.2, 0) is 11.9 Å². The van der Waals surface area contributed by atoms with E-state index < -0.39 is 0 Å². The van der Waals surface area contributed by atoms with Gasteiger partial charge in [-0.2, -0.15) is 0 Å². The van der Waals surface area contributed by atoms with Crippen LogP contribution in [0.3, 0.4) is 0 Å². The highest BCUT2D eigenvalue weighted by molar-refractivity contribution is 9.08. The fourth-order valence-corrected chi connectivity index (χ4v) is 3.94. The van der Waals surface area contributed by atoms with Gasteiger partial charge in [0.15, 0.2) is 0 Å². The minimum atomic E-state index is 0.529. The lowest BCUT2D eigenvalue weighted by Gasteiger charge is -2.04. The topological polar surface area (TPSA) is 26.0 Å². The number of fused-ring (bicyclic) bond motifs is 2. The molecule has 0 aliphatic carbocycles. The predicted octanol–water partition coefficient (Wildman–Crippen LogP) is 7.34. The van der Waals surface area contributed by atoms with Gasteiger partial charge in [-0.3, -0.25) is 0 Å². The average Bonchev–Trinajstić information content (AvgIpc) is 2.67. The first kappa shape index (κ1) is 19.2. The summed E-state index contributed by atoms with van der Waals surface area (Å²) >= 11 is 15.4. The van der Waals surface area contributed by atoms with Gasteiger partial charge in [-0.15, -0.1) is 0 Å². The number of rotatable bonds is 2. The van der Waals surface area contributed by atoms with Crippen molar-refractivity contribution < 1.29 is 0 Å². The quantitative estimate of drug-likeness (QED) is 0.320. The third kappa shape index (κ3) is 4.39. The van der Waals surface area contributed by atoms with Crippen molar-refractivity contribution in [2.75, 3.05) is 0 Å². The second-order valence-corrected chi connectivity index (χ2v) is 7.34. The molecule has 4 rings (SSSR count). The smallest absolute Gasteiger partial charge is 0.0415 e. The lowest BCUT2D eigenvalue weighted by molar-refractivity contribution is 1.09. The monoisotopic (exact) mass is 445 g/mol. The minimum Gasteiger partial charge on any atom is -0.326 e. The highest BCUT2D eigenvalue weighted by Crippen LogP contribution is 2.25. The van der Waals surface area contributed by atoms with Gasteiger partial charge < -0.3 is 5.73 Å². The molecule has 2 N–H and O–H groups in total. The summed E-state index contributed by atoms with van der Waals surface area (Å²) in [5.74, 6) is 0. The first-order valence-corrected chi connectivity index (χ1v) is 10.1. The van der Waals surface area contributed by atoms with Crippen molar-refractivity contribution in [2.24, 2.45) is 5.73 Å². The van der Waals surface area contributed by atoms with Crippen LogP contribution in [0.2, 0.25) is 10.0 Å². The lowest BCUT2D eigenvalue weighted by Crippen LogP contribution is -1.96. The third-order valence-electron chi connectivity index (χ3n) is 4.19. The Morgan fingerprint density at radius 1 is 0.692 bits per heavy atom. The highest BCUT2D eigenvalue weighted by Gasteiger charge is 2.01. The number of alkyl halides is 1. The Balaban J connectivity index is 0.000000151. The largest absolute Gasteiger partial charge is 0.326 e. The van der Waals surface area contributed by atoms with Gasteiger partial charge in [-0.1, -0.05) is 87.7 Å². The van der Waals surface area contributed by atoms with Gasteiger partial charge in [0.25, 0.3) is 0 Å². The maximum atomic E-state index is 5.98. The second kappa shape index (κ2) is 8.88. The Hall–Kier alpha value is -1.58. The normalized spacial score (nSPS) is 10.6. The predicted molar refractivity (Wildman–Crippen MR) is 118 cm³/mol. The van der Waals surface area contributed by atoms with E-state index in [9.17, 15) is 0 Å².